The zero-order chi connectivity index (χ0) is 30.2. The van der Waals surface area contributed by atoms with E-state index in [0.717, 1.165) is 49.0 Å². The molecule has 0 saturated carbocycles. The molecule has 1 N–H and O–H groups in total. The molecule has 0 spiro atoms. The minimum Gasteiger partial charge on any atom is -0.493 e. The van der Waals surface area contributed by atoms with Crippen molar-refractivity contribution in [1.29, 1.82) is 0 Å². The van der Waals surface area contributed by atoms with Crippen LogP contribution in [0.2, 0.25) is 0 Å². The monoisotopic (exact) mass is 605 g/mol. The lowest BCUT2D eigenvalue weighted by Crippen LogP contribution is -2.35. The Morgan fingerprint density at radius 2 is 1.88 bits per heavy atom. The number of hydrogen-bond donors (Lipinski definition) is 1. The van der Waals surface area contributed by atoms with Crippen molar-refractivity contribution < 1.29 is 27.0 Å². The first-order valence-electron chi connectivity index (χ1n) is 14.3. The SMILES string of the molecule is COc1cc2c(Oc3ccc(NS(=O)(=O)/C=C/c4ccccc4)cc3F)ccnc2cc1OCCCN1CCCC(C)C1. The summed E-state index contributed by atoms with van der Waals surface area (Å²) in [5, 5.41) is 1.65. The largest absolute Gasteiger partial charge is 0.493 e. The highest BCUT2D eigenvalue weighted by molar-refractivity contribution is 7.95. The Morgan fingerprint density at radius 1 is 1.05 bits per heavy atom. The number of ether oxygens (including phenoxy) is 3. The average molecular weight is 606 g/mol. The van der Waals surface area contributed by atoms with Gasteiger partial charge in [0.25, 0.3) is 10.0 Å². The minimum absolute atomic E-state index is 0.0680. The third-order valence-corrected chi connectivity index (χ3v) is 8.27. The Morgan fingerprint density at radius 3 is 2.65 bits per heavy atom. The van der Waals surface area contributed by atoms with Crippen LogP contribution in [0.5, 0.6) is 23.0 Å². The Kier molecular flexibility index (Phi) is 9.79. The van der Waals surface area contributed by atoms with Crippen molar-refractivity contribution in [2.45, 2.75) is 26.2 Å². The van der Waals surface area contributed by atoms with Crippen molar-refractivity contribution in [3.63, 3.8) is 0 Å². The first-order valence-corrected chi connectivity index (χ1v) is 15.9. The summed E-state index contributed by atoms with van der Waals surface area (Å²) in [6.07, 6.45) is 6.48. The van der Waals surface area contributed by atoms with Gasteiger partial charge in [-0.25, -0.2) is 12.8 Å². The highest BCUT2D eigenvalue weighted by Crippen LogP contribution is 2.38. The molecular formula is C33H36FN3O5S. The van der Waals surface area contributed by atoms with Crippen LogP contribution in [0.25, 0.3) is 17.0 Å². The second-order valence-corrected chi connectivity index (χ2v) is 12.3. The predicted octanol–water partition coefficient (Wildman–Crippen LogP) is 7.09. The Labute approximate surface area is 252 Å². The van der Waals surface area contributed by atoms with E-state index < -0.39 is 15.8 Å². The molecule has 8 nitrogen and oxygen atoms in total. The zero-order valence-corrected chi connectivity index (χ0v) is 25.1. The zero-order valence-electron chi connectivity index (χ0n) is 24.3. The lowest BCUT2D eigenvalue weighted by molar-refractivity contribution is 0.169. The maximum atomic E-state index is 15.1. The van der Waals surface area contributed by atoms with Crippen LogP contribution in [0.15, 0.2) is 78.3 Å². The van der Waals surface area contributed by atoms with Crippen LogP contribution in [-0.4, -0.2) is 51.7 Å². The molecule has 0 aliphatic carbocycles. The van der Waals surface area contributed by atoms with Crippen molar-refractivity contribution in [3.05, 3.63) is 89.7 Å². The fourth-order valence-corrected chi connectivity index (χ4v) is 6.01. The summed E-state index contributed by atoms with van der Waals surface area (Å²) < 4.78 is 60.0. The topological polar surface area (TPSA) is 90.0 Å². The number of nitrogens with one attached hydrogen (secondary N) is 1. The molecule has 1 fully saturated rings. The van der Waals surface area contributed by atoms with Crippen LogP contribution < -0.4 is 18.9 Å². The van der Waals surface area contributed by atoms with Gasteiger partial charge in [-0.1, -0.05) is 37.3 Å². The first-order chi connectivity index (χ1) is 20.8. The number of fused-ring (bicyclic) bond motifs is 1. The summed E-state index contributed by atoms with van der Waals surface area (Å²) in [6, 6.07) is 18.1. The van der Waals surface area contributed by atoms with E-state index in [1.54, 1.807) is 55.8 Å². The number of hydrogen-bond acceptors (Lipinski definition) is 7. The second kappa shape index (κ2) is 13.9. The van der Waals surface area contributed by atoms with Crippen molar-refractivity contribution in [2.24, 2.45) is 5.92 Å². The number of halogens is 1. The molecule has 5 rings (SSSR count). The van der Waals surface area contributed by atoms with E-state index in [9.17, 15) is 8.42 Å². The van der Waals surface area contributed by atoms with Gasteiger partial charge in [-0.2, -0.15) is 0 Å². The van der Waals surface area contributed by atoms with Gasteiger partial charge in [-0.3, -0.25) is 9.71 Å². The molecule has 1 unspecified atom stereocenters. The van der Waals surface area contributed by atoms with Crippen molar-refractivity contribution in [2.75, 3.05) is 38.1 Å². The van der Waals surface area contributed by atoms with Gasteiger partial charge in [0, 0.05) is 36.8 Å². The lowest BCUT2D eigenvalue weighted by Gasteiger charge is -2.30. The molecule has 1 aliphatic heterocycles. The molecule has 1 aromatic heterocycles. The molecule has 10 heteroatoms. The van der Waals surface area contributed by atoms with Crippen molar-refractivity contribution in [3.8, 4) is 23.0 Å². The van der Waals surface area contributed by atoms with Crippen LogP contribution in [-0.2, 0) is 10.0 Å². The van der Waals surface area contributed by atoms with E-state index in [1.165, 1.54) is 31.1 Å². The van der Waals surface area contributed by atoms with E-state index in [0.29, 0.717) is 34.8 Å². The fraction of sp³-hybridized carbons (Fsp3) is 0.303. The minimum atomic E-state index is -3.85. The fourth-order valence-electron chi connectivity index (χ4n) is 5.15. The summed E-state index contributed by atoms with van der Waals surface area (Å²) >= 11 is 0. The quantitative estimate of drug-likeness (QED) is 0.173. The average Bonchev–Trinajstić information content (AvgIpc) is 3.00. The number of nitrogens with zero attached hydrogens (tertiary/aromatic N) is 2. The number of sulfonamides is 1. The third kappa shape index (κ3) is 8.24. The summed E-state index contributed by atoms with van der Waals surface area (Å²) in [4.78, 5) is 6.94. The number of rotatable bonds is 12. The maximum Gasteiger partial charge on any atom is 0.255 e. The Balaban J connectivity index is 1.25. The smallest absolute Gasteiger partial charge is 0.255 e. The number of likely N-dealkylation sites (tertiary alicyclic amines) is 1. The highest BCUT2D eigenvalue weighted by Gasteiger charge is 2.17. The molecule has 1 atom stereocenters. The summed E-state index contributed by atoms with van der Waals surface area (Å²) in [5.41, 5.74) is 1.40. The third-order valence-electron chi connectivity index (χ3n) is 7.26. The number of pyridine rings is 1. The second-order valence-electron chi connectivity index (χ2n) is 10.7. The number of piperidine rings is 1. The molecular weight excluding hydrogens is 569 g/mol. The van der Waals surface area contributed by atoms with Gasteiger partial charge in [-0.15, -0.1) is 0 Å². The Hall–Kier alpha value is -4.15. The van der Waals surface area contributed by atoms with E-state index in [2.05, 4.69) is 21.5 Å². The van der Waals surface area contributed by atoms with Crippen LogP contribution in [0, 0.1) is 11.7 Å². The van der Waals surface area contributed by atoms with E-state index in [4.69, 9.17) is 14.2 Å². The van der Waals surface area contributed by atoms with Gasteiger partial charge in [0.05, 0.1) is 30.3 Å². The summed E-state index contributed by atoms with van der Waals surface area (Å²) in [5.74, 6) is 1.41. The van der Waals surface area contributed by atoms with Crippen LogP contribution >= 0.6 is 0 Å². The maximum absolute atomic E-state index is 15.1. The lowest BCUT2D eigenvalue weighted by atomic mass is 10.0. The van der Waals surface area contributed by atoms with Gasteiger partial charge in [0.15, 0.2) is 23.1 Å². The van der Waals surface area contributed by atoms with Gasteiger partial charge < -0.3 is 19.1 Å². The van der Waals surface area contributed by atoms with Crippen LogP contribution in [0.4, 0.5) is 10.1 Å². The standard InChI is InChI=1S/C33H36FN3O5S/c1-24-8-6-16-37(23-24)17-7-18-41-33-22-29-27(21-32(33)40-2)30(13-15-35-29)42-31-12-11-26(20-28(31)34)36-43(38,39)19-14-25-9-4-3-5-10-25/h3-5,9-15,19-22,24,36H,6-8,16-18,23H2,1-2H3/b19-14+. The Bertz CT molecular complexity index is 1680. The van der Waals surface area contributed by atoms with Crippen LogP contribution in [0.3, 0.4) is 0 Å². The molecule has 0 amide bonds. The molecule has 1 saturated heterocycles. The normalized spacial score (nSPS) is 15.9. The van der Waals surface area contributed by atoms with E-state index >= 15 is 4.39 Å². The van der Waals surface area contributed by atoms with Crippen molar-refractivity contribution >= 4 is 32.7 Å². The van der Waals surface area contributed by atoms with Crippen molar-refractivity contribution in [1.82, 2.24) is 9.88 Å². The first kappa shape index (κ1) is 30.3. The van der Waals surface area contributed by atoms with E-state index in [-0.39, 0.29) is 11.4 Å². The van der Waals surface area contributed by atoms with E-state index in [1.807, 2.05) is 6.07 Å². The molecule has 1 aliphatic rings. The highest BCUT2D eigenvalue weighted by atomic mass is 32.2. The molecule has 226 valence electrons. The number of aromatic nitrogens is 1. The molecule has 0 bridgehead atoms. The number of anilines is 1. The molecule has 2 heterocycles. The van der Waals surface area contributed by atoms with Gasteiger partial charge >= 0.3 is 0 Å². The molecule has 3 aromatic carbocycles. The van der Waals surface area contributed by atoms with Gasteiger partial charge in [-0.05, 0) is 67.6 Å². The number of methoxy groups -OCH3 is 1. The summed E-state index contributed by atoms with van der Waals surface area (Å²) in [6.45, 7) is 6.12. The number of benzene rings is 3. The molecule has 4 aromatic rings. The van der Waals surface area contributed by atoms with Gasteiger partial charge in [0.2, 0.25) is 0 Å². The molecule has 43 heavy (non-hydrogen) atoms. The predicted molar refractivity (Wildman–Crippen MR) is 168 cm³/mol. The van der Waals surface area contributed by atoms with Gasteiger partial charge in [0.1, 0.15) is 5.75 Å². The molecule has 0 radical (unpaired) electrons. The van der Waals surface area contributed by atoms with Crippen LogP contribution in [0.1, 0.15) is 31.7 Å². The summed E-state index contributed by atoms with van der Waals surface area (Å²) in [7, 11) is -2.29.